The van der Waals surface area contributed by atoms with Crippen LogP contribution in [0, 0.1) is 12.7 Å². The fourth-order valence-corrected chi connectivity index (χ4v) is 2.56. The van der Waals surface area contributed by atoms with Crippen LogP contribution in [0.25, 0.3) is 0 Å². The van der Waals surface area contributed by atoms with Crippen molar-refractivity contribution in [1.29, 1.82) is 0 Å². The molecule has 0 radical (unpaired) electrons. The van der Waals surface area contributed by atoms with Crippen LogP contribution in [-0.2, 0) is 4.74 Å². The fourth-order valence-electron chi connectivity index (χ4n) is 1.69. The first-order chi connectivity index (χ1) is 9.92. The Bertz CT molecular complexity index is 712. The Morgan fingerprint density at radius 1 is 1.38 bits per heavy atom. The minimum Gasteiger partial charge on any atom is -0.464 e. The zero-order chi connectivity index (χ0) is 15.6. The molecule has 1 heterocycles. The monoisotopic (exact) mass is 308 g/mol. The van der Waals surface area contributed by atoms with Crippen LogP contribution in [0.4, 0.5) is 15.2 Å². The highest BCUT2D eigenvalue weighted by atomic mass is 32.1. The number of anilines is 2. The number of carbonyl (C=O) groups excluding carboxylic acids is 2. The summed E-state index contributed by atoms with van der Waals surface area (Å²) in [7, 11) is 1.22. The number of ketones is 1. The number of aryl methyl sites for hydroxylation is 1. The highest BCUT2D eigenvalue weighted by Gasteiger charge is 2.21. The molecule has 1 aromatic carbocycles. The number of carbonyl (C=O) groups is 2. The lowest BCUT2D eigenvalue weighted by atomic mass is 10.2. The number of nitrogens with one attached hydrogen (secondary N) is 1. The number of methoxy groups -OCH3 is 1. The molecule has 0 aliphatic rings. The molecule has 5 nitrogen and oxygen atoms in total. The zero-order valence-corrected chi connectivity index (χ0v) is 12.5. The topological polar surface area (TPSA) is 68.3 Å². The van der Waals surface area contributed by atoms with Crippen LogP contribution in [0.15, 0.2) is 18.2 Å². The van der Waals surface area contributed by atoms with E-state index in [9.17, 15) is 14.0 Å². The third kappa shape index (κ3) is 3.25. The Kier molecular flexibility index (Phi) is 4.32. The van der Waals surface area contributed by atoms with Gasteiger partial charge in [0.25, 0.3) is 0 Å². The van der Waals surface area contributed by atoms with Crippen molar-refractivity contribution in [2.45, 2.75) is 13.8 Å². The lowest BCUT2D eigenvalue weighted by Crippen LogP contribution is -2.07. The predicted molar refractivity (Wildman–Crippen MR) is 77.9 cm³/mol. The molecular formula is C14H13FN2O3S. The number of thiazole rings is 1. The second kappa shape index (κ2) is 6.01. The number of esters is 1. The molecule has 1 N–H and O–H groups in total. The summed E-state index contributed by atoms with van der Waals surface area (Å²) in [5, 5.41) is 3.31. The van der Waals surface area contributed by atoms with Crippen LogP contribution >= 0.6 is 11.3 Å². The molecule has 1 aromatic heterocycles. The normalized spacial score (nSPS) is 10.3. The number of hydrogen-bond donors (Lipinski definition) is 1. The maximum atomic E-state index is 13.2. The van der Waals surface area contributed by atoms with Crippen LogP contribution < -0.4 is 5.32 Å². The standard InChI is InChI=1S/C14H13FN2O3S/c1-7-6-9(4-5-10(7)15)16-14-17-11(13(19)20-3)12(21-14)8(2)18/h4-6H,1-3H3,(H,16,17). The summed E-state index contributed by atoms with van der Waals surface area (Å²) in [5.41, 5.74) is 1.09. The summed E-state index contributed by atoms with van der Waals surface area (Å²) in [6.45, 7) is 3.00. The van der Waals surface area contributed by atoms with Crippen molar-refractivity contribution in [3.8, 4) is 0 Å². The van der Waals surface area contributed by atoms with Crippen molar-refractivity contribution in [1.82, 2.24) is 4.98 Å². The minimum atomic E-state index is -0.667. The Morgan fingerprint density at radius 2 is 2.10 bits per heavy atom. The smallest absolute Gasteiger partial charge is 0.358 e. The zero-order valence-electron chi connectivity index (χ0n) is 11.7. The molecule has 0 atom stereocenters. The van der Waals surface area contributed by atoms with E-state index in [0.717, 1.165) is 11.3 Å². The van der Waals surface area contributed by atoms with Crippen molar-refractivity contribution in [3.63, 3.8) is 0 Å². The van der Waals surface area contributed by atoms with Gasteiger partial charge >= 0.3 is 5.97 Å². The Labute approximate surface area is 124 Å². The molecule has 2 aromatic rings. The van der Waals surface area contributed by atoms with Crippen LogP contribution in [0.1, 0.15) is 32.6 Å². The van der Waals surface area contributed by atoms with Gasteiger partial charge in [0, 0.05) is 12.6 Å². The van der Waals surface area contributed by atoms with Gasteiger partial charge in [-0.15, -0.1) is 0 Å². The van der Waals surface area contributed by atoms with E-state index in [1.165, 1.54) is 20.1 Å². The maximum absolute atomic E-state index is 13.2. The van der Waals surface area contributed by atoms with Gasteiger partial charge in [0.15, 0.2) is 16.6 Å². The van der Waals surface area contributed by atoms with Gasteiger partial charge in [0.1, 0.15) is 10.7 Å². The first kappa shape index (κ1) is 15.1. The maximum Gasteiger partial charge on any atom is 0.358 e. The first-order valence-corrected chi connectivity index (χ1v) is 6.87. The lowest BCUT2D eigenvalue weighted by Gasteiger charge is -2.04. The Morgan fingerprint density at radius 3 is 2.67 bits per heavy atom. The number of aromatic nitrogens is 1. The molecule has 0 saturated carbocycles. The summed E-state index contributed by atoms with van der Waals surface area (Å²) in [6, 6.07) is 4.50. The van der Waals surface area contributed by atoms with Crippen molar-refractivity contribution < 1.29 is 18.7 Å². The molecule has 21 heavy (non-hydrogen) atoms. The predicted octanol–water partition coefficient (Wildman–Crippen LogP) is 3.32. The molecular weight excluding hydrogens is 295 g/mol. The van der Waals surface area contributed by atoms with E-state index in [-0.39, 0.29) is 22.2 Å². The van der Waals surface area contributed by atoms with E-state index in [0.29, 0.717) is 16.4 Å². The molecule has 2 rings (SSSR count). The minimum absolute atomic E-state index is 0.0173. The molecule has 0 aliphatic carbocycles. The average Bonchev–Trinajstić information content (AvgIpc) is 2.86. The lowest BCUT2D eigenvalue weighted by molar-refractivity contribution is 0.0591. The van der Waals surface area contributed by atoms with Gasteiger partial charge in [-0.1, -0.05) is 11.3 Å². The number of hydrogen-bond acceptors (Lipinski definition) is 6. The quantitative estimate of drug-likeness (QED) is 0.693. The Balaban J connectivity index is 2.34. The molecule has 0 amide bonds. The molecule has 0 bridgehead atoms. The van der Waals surface area contributed by atoms with Gasteiger partial charge in [0.05, 0.1) is 7.11 Å². The molecule has 110 valence electrons. The summed E-state index contributed by atoms with van der Waals surface area (Å²) in [5.74, 6) is -1.24. The van der Waals surface area contributed by atoms with E-state index in [4.69, 9.17) is 0 Å². The first-order valence-electron chi connectivity index (χ1n) is 6.05. The van der Waals surface area contributed by atoms with Gasteiger partial charge in [0.2, 0.25) is 0 Å². The second-order valence-electron chi connectivity index (χ2n) is 4.33. The van der Waals surface area contributed by atoms with Crippen LogP contribution in [0.5, 0.6) is 0 Å². The van der Waals surface area contributed by atoms with Gasteiger partial charge in [-0.3, -0.25) is 4.79 Å². The Hall–Kier alpha value is -2.28. The van der Waals surface area contributed by atoms with E-state index in [1.807, 2.05) is 0 Å². The molecule has 0 spiro atoms. The van der Waals surface area contributed by atoms with E-state index in [2.05, 4.69) is 15.0 Å². The van der Waals surface area contributed by atoms with Crippen LogP contribution in [-0.4, -0.2) is 23.8 Å². The van der Waals surface area contributed by atoms with E-state index in [1.54, 1.807) is 19.1 Å². The third-order valence-electron chi connectivity index (χ3n) is 2.73. The number of ether oxygens (including phenoxy) is 1. The number of halogens is 1. The van der Waals surface area contributed by atoms with Crippen molar-refractivity contribution in [3.05, 3.63) is 40.2 Å². The molecule has 0 fully saturated rings. The second-order valence-corrected chi connectivity index (χ2v) is 5.33. The number of Topliss-reactive ketones (excluding diaryl/α,β-unsaturated/α-hetero) is 1. The third-order valence-corrected chi connectivity index (χ3v) is 3.81. The van der Waals surface area contributed by atoms with Crippen molar-refractivity contribution >= 4 is 33.9 Å². The van der Waals surface area contributed by atoms with Gasteiger partial charge in [-0.05, 0) is 30.7 Å². The van der Waals surface area contributed by atoms with E-state index < -0.39 is 5.97 Å². The molecule has 0 aliphatic heterocycles. The van der Waals surface area contributed by atoms with Gasteiger partial charge in [-0.2, -0.15) is 0 Å². The highest BCUT2D eigenvalue weighted by molar-refractivity contribution is 7.17. The largest absolute Gasteiger partial charge is 0.464 e. The number of benzene rings is 1. The SMILES string of the molecule is COC(=O)c1nc(Nc2ccc(F)c(C)c2)sc1C(C)=O. The highest BCUT2D eigenvalue weighted by Crippen LogP contribution is 2.27. The van der Waals surface area contributed by atoms with Crippen molar-refractivity contribution in [2.75, 3.05) is 12.4 Å². The average molecular weight is 308 g/mol. The van der Waals surface area contributed by atoms with Gasteiger partial charge < -0.3 is 10.1 Å². The molecule has 7 heteroatoms. The number of nitrogens with zero attached hydrogens (tertiary/aromatic N) is 1. The number of rotatable bonds is 4. The fraction of sp³-hybridized carbons (Fsp3) is 0.214. The molecule has 0 unspecified atom stereocenters. The summed E-state index contributed by atoms with van der Waals surface area (Å²) < 4.78 is 17.8. The van der Waals surface area contributed by atoms with Crippen molar-refractivity contribution in [2.24, 2.45) is 0 Å². The van der Waals surface area contributed by atoms with Gasteiger partial charge in [-0.25, -0.2) is 14.2 Å². The summed E-state index contributed by atoms with van der Waals surface area (Å²) in [6.07, 6.45) is 0. The summed E-state index contributed by atoms with van der Waals surface area (Å²) in [4.78, 5) is 27.4. The van der Waals surface area contributed by atoms with E-state index >= 15 is 0 Å². The molecule has 0 saturated heterocycles. The summed E-state index contributed by atoms with van der Waals surface area (Å²) >= 11 is 1.05. The van der Waals surface area contributed by atoms with Crippen LogP contribution in [0.3, 0.4) is 0 Å². The van der Waals surface area contributed by atoms with Crippen LogP contribution in [0.2, 0.25) is 0 Å².